The highest BCUT2D eigenvalue weighted by Gasteiger charge is 2.34. The number of alkyl carbamates (subject to hydrolysis) is 1. The van der Waals surface area contributed by atoms with Gasteiger partial charge in [0.25, 0.3) is 0 Å². The number of esters is 1. The van der Waals surface area contributed by atoms with Crippen LogP contribution in [0, 0.1) is 6.92 Å². The summed E-state index contributed by atoms with van der Waals surface area (Å²) in [6, 6.07) is 1.97. The van der Waals surface area contributed by atoms with Crippen molar-refractivity contribution < 1.29 is 33.4 Å². The summed E-state index contributed by atoms with van der Waals surface area (Å²) in [5.74, 6) is -2.04. The fraction of sp³-hybridized carbons (Fsp3) is 0.656. The number of rotatable bonds is 8. The number of unbranched alkanes of at least 4 members (excludes halogenated alkanes) is 1. The van der Waals surface area contributed by atoms with E-state index in [9.17, 15) is 24.0 Å². The van der Waals surface area contributed by atoms with Gasteiger partial charge in [0.05, 0.1) is 13.2 Å². The first-order valence-electron chi connectivity index (χ1n) is 15.4. The summed E-state index contributed by atoms with van der Waals surface area (Å²) in [5.41, 5.74) is 8.44. The molecule has 1 aromatic carbocycles. The molecule has 1 heterocycles. The Morgan fingerprint density at radius 2 is 1.80 bits per heavy atom. The molecule has 0 radical (unpaired) electrons. The van der Waals surface area contributed by atoms with Gasteiger partial charge >= 0.3 is 12.1 Å². The molecule has 0 spiro atoms. The van der Waals surface area contributed by atoms with Crippen molar-refractivity contribution in [3.63, 3.8) is 0 Å². The fourth-order valence-corrected chi connectivity index (χ4v) is 5.07. The highest BCUT2D eigenvalue weighted by molar-refractivity contribution is 5.94. The molecular formula is C32H51N5O7. The van der Waals surface area contributed by atoms with E-state index in [1.165, 1.54) is 26.0 Å². The van der Waals surface area contributed by atoms with Crippen molar-refractivity contribution >= 4 is 29.8 Å². The van der Waals surface area contributed by atoms with E-state index in [1.807, 2.05) is 25.1 Å². The largest absolute Gasteiger partial charge is 0.467 e. The lowest BCUT2D eigenvalue weighted by Gasteiger charge is -2.31. The Bertz CT molecular complexity index is 1170. The van der Waals surface area contributed by atoms with Crippen molar-refractivity contribution in [1.29, 1.82) is 0 Å². The van der Waals surface area contributed by atoms with Gasteiger partial charge in [0.1, 0.15) is 23.7 Å². The number of methoxy groups -OCH3 is 1. The van der Waals surface area contributed by atoms with Crippen LogP contribution in [0.5, 0.6) is 0 Å². The molecule has 0 saturated heterocycles. The minimum atomic E-state index is -1.04. The highest BCUT2D eigenvalue weighted by Crippen LogP contribution is 2.25. The molecule has 1 aromatic rings. The Morgan fingerprint density at radius 3 is 2.45 bits per heavy atom. The predicted molar refractivity (Wildman–Crippen MR) is 166 cm³/mol. The van der Waals surface area contributed by atoms with Crippen molar-refractivity contribution in [2.24, 2.45) is 5.73 Å². The Hall–Kier alpha value is -3.67. The number of likely N-dealkylation sites (N-methyl/N-ethyl adjacent to an activating group) is 1. The van der Waals surface area contributed by atoms with E-state index in [-0.39, 0.29) is 0 Å². The van der Waals surface area contributed by atoms with Gasteiger partial charge in [-0.15, -0.1) is 0 Å². The number of nitrogens with zero attached hydrogens (tertiary/aromatic N) is 1. The number of hydrogen-bond acceptors (Lipinski definition) is 8. The van der Waals surface area contributed by atoms with Crippen LogP contribution in [-0.2, 0) is 35.1 Å². The van der Waals surface area contributed by atoms with E-state index < -0.39 is 59.6 Å². The third kappa shape index (κ3) is 11.4. The van der Waals surface area contributed by atoms with Crippen LogP contribution >= 0.6 is 0 Å². The summed E-state index contributed by atoms with van der Waals surface area (Å²) in [5, 5.41) is 8.11. The van der Waals surface area contributed by atoms with E-state index in [0.717, 1.165) is 30.4 Å². The van der Waals surface area contributed by atoms with Gasteiger partial charge in [-0.2, -0.15) is 0 Å². The fourth-order valence-electron chi connectivity index (χ4n) is 5.07. The third-order valence-electron chi connectivity index (χ3n) is 7.59. The number of aryl methyl sites for hydroxylation is 2. The number of fused-ring (bicyclic) bond motifs is 2. The predicted octanol–water partition coefficient (Wildman–Crippen LogP) is 2.80. The van der Waals surface area contributed by atoms with Gasteiger partial charge < -0.3 is 36.1 Å². The molecule has 2 bridgehead atoms. The Labute approximate surface area is 261 Å². The molecular weight excluding hydrogens is 566 g/mol. The van der Waals surface area contributed by atoms with E-state index in [0.29, 0.717) is 44.2 Å². The normalized spacial score (nSPS) is 20.6. The number of nitrogens with one attached hydrogen (secondary N) is 3. The summed E-state index contributed by atoms with van der Waals surface area (Å²) in [7, 11) is 2.80. The zero-order chi connectivity index (χ0) is 33.0. The summed E-state index contributed by atoms with van der Waals surface area (Å²) < 4.78 is 10.1. The second-order valence-electron chi connectivity index (χ2n) is 12.5. The minimum Gasteiger partial charge on any atom is -0.467 e. The topological polar surface area (TPSA) is 169 Å². The first kappa shape index (κ1) is 36.5. The molecule has 1 aliphatic rings. The number of amides is 4. The van der Waals surface area contributed by atoms with Crippen LogP contribution < -0.4 is 21.7 Å². The highest BCUT2D eigenvalue weighted by atomic mass is 16.6. The Balaban J connectivity index is 2.20. The van der Waals surface area contributed by atoms with Gasteiger partial charge in [-0.1, -0.05) is 31.0 Å². The first-order valence-corrected chi connectivity index (χ1v) is 15.4. The maximum atomic E-state index is 13.7. The molecule has 12 heteroatoms. The number of ether oxygens (including phenoxy) is 2. The van der Waals surface area contributed by atoms with Crippen LogP contribution in [0.3, 0.4) is 0 Å². The zero-order valence-electron chi connectivity index (χ0n) is 27.3. The molecule has 0 aromatic heterocycles. The quantitative estimate of drug-likeness (QED) is 0.255. The van der Waals surface area contributed by atoms with E-state index >= 15 is 0 Å². The van der Waals surface area contributed by atoms with Gasteiger partial charge in [0.15, 0.2) is 0 Å². The molecule has 1 aliphatic heterocycles. The van der Waals surface area contributed by atoms with Crippen molar-refractivity contribution in [1.82, 2.24) is 20.9 Å². The SMILES string of the molecule is COC(=O)[C@@H]1CCCCCc2cc(ccc2C)[C@H](N(C)C(=O)[C@@H](N)CCCCNC(=O)OC(C)(C)C)C(=O)N[C@@H](C)C(=O)N1. The maximum absolute atomic E-state index is 13.7. The van der Waals surface area contributed by atoms with Gasteiger partial charge in [0.2, 0.25) is 17.7 Å². The van der Waals surface area contributed by atoms with Gasteiger partial charge in [0, 0.05) is 13.6 Å². The average Bonchev–Trinajstić information content (AvgIpc) is 2.95. The molecule has 4 atom stereocenters. The second kappa shape index (κ2) is 17.0. The van der Waals surface area contributed by atoms with Crippen molar-refractivity contribution in [3.8, 4) is 0 Å². The number of carbonyl (C=O) groups is 5. The van der Waals surface area contributed by atoms with Crippen LogP contribution in [0.25, 0.3) is 0 Å². The number of benzene rings is 1. The molecule has 2 rings (SSSR count). The standard InChI is InChI=1S/C32H51N5O7/c1-20-16-17-23-19-22(20)13-9-8-10-15-25(30(41)43-7)36-27(38)21(2)35-28(39)26(23)37(6)29(40)24(33)14-11-12-18-34-31(42)44-32(3,4)5/h16-17,19,21,24-26H,8-15,18,33H2,1-7H3,(H,34,42)(H,35,39)(H,36,38)/t21-,24-,25-,26-/m0/s1. The summed E-state index contributed by atoms with van der Waals surface area (Å²) in [4.78, 5) is 65.7. The second-order valence-corrected chi connectivity index (χ2v) is 12.5. The van der Waals surface area contributed by atoms with Gasteiger partial charge in [-0.05, 0) is 89.8 Å². The average molecular weight is 618 g/mol. The molecule has 0 fully saturated rings. The Kier molecular flexibility index (Phi) is 14.1. The van der Waals surface area contributed by atoms with Crippen molar-refractivity contribution in [3.05, 3.63) is 34.9 Å². The number of hydrogen-bond donors (Lipinski definition) is 4. The lowest BCUT2D eigenvalue weighted by molar-refractivity contribution is -0.146. The van der Waals surface area contributed by atoms with Gasteiger partial charge in [-0.3, -0.25) is 14.4 Å². The first-order chi connectivity index (χ1) is 20.6. The number of carbonyl (C=O) groups excluding carboxylic acids is 5. The van der Waals surface area contributed by atoms with Crippen LogP contribution in [-0.4, -0.2) is 79.1 Å². The summed E-state index contributed by atoms with van der Waals surface area (Å²) >= 11 is 0. The van der Waals surface area contributed by atoms with E-state index in [4.69, 9.17) is 15.2 Å². The molecule has 0 unspecified atom stereocenters. The molecule has 0 saturated carbocycles. The lowest BCUT2D eigenvalue weighted by atomic mass is 9.94. The van der Waals surface area contributed by atoms with E-state index in [1.54, 1.807) is 20.8 Å². The van der Waals surface area contributed by atoms with E-state index in [2.05, 4.69) is 16.0 Å². The van der Waals surface area contributed by atoms with Crippen LogP contribution in [0.2, 0.25) is 0 Å². The summed E-state index contributed by atoms with van der Waals surface area (Å²) in [6.07, 6.45) is 4.59. The van der Waals surface area contributed by atoms with Crippen molar-refractivity contribution in [2.75, 3.05) is 20.7 Å². The van der Waals surface area contributed by atoms with Crippen molar-refractivity contribution in [2.45, 2.75) is 116 Å². The lowest BCUT2D eigenvalue weighted by Crippen LogP contribution is -2.53. The van der Waals surface area contributed by atoms with Gasteiger partial charge in [-0.25, -0.2) is 9.59 Å². The maximum Gasteiger partial charge on any atom is 0.407 e. The minimum absolute atomic E-state index is 0.348. The molecule has 246 valence electrons. The number of nitrogens with two attached hydrogens (primary N) is 1. The van der Waals surface area contributed by atoms with Crippen LogP contribution in [0.15, 0.2) is 18.2 Å². The molecule has 44 heavy (non-hydrogen) atoms. The molecule has 5 N–H and O–H groups in total. The van der Waals surface area contributed by atoms with Crippen LogP contribution in [0.4, 0.5) is 4.79 Å². The monoisotopic (exact) mass is 617 g/mol. The molecule has 0 aliphatic carbocycles. The smallest absolute Gasteiger partial charge is 0.407 e. The van der Waals surface area contributed by atoms with Crippen LogP contribution in [0.1, 0.15) is 95.4 Å². The zero-order valence-corrected chi connectivity index (χ0v) is 27.3. The summed E-state index contributed by atoms with van der Waals surface area (Å²) in [6.45, 7) is 9.26. The Morgan fingerprint density at radius 1 is 1.09 bits per heavy atom. The molecule has 4 amide bonds. The third-order valence-corrected chi connectivity index (χ3v) is 7.59. The molecule has 12 nitrogen and oxygen atoms in total.